The minimum Gasteiger partial charge on any atom is -0.508 e. The van der Waals surface area contributed by atoms with Gasteiger partial charge in [0.1, 0.15) is 59.9 Å². The molecule has 0 amide bonds. The number of benzene rings is 2. The van der Waals surface area contributed by atoms with Gasteiger partial charge in [-0.2, -0.15) is 0 Å². The van der Waals surface area contributed by atoms with E-state index in [0.29, 0.717) is 0 Å². The number of aliphatic hydroxyl groups excluding tert-OH is 3. The summed E-state index contributed by atoms with van der Waals surface area (Å²) in [4.78, 5) is 35.7. The zero-order valence-corrected chi connectivity index (χ0v) is 19.6. The van der Waals surface area contributed by atoms with E-state index in [4.69, 9.17) is 23.7 Å². The second-order valence-electron chi connectivity index (χ2n) is 8.52. The molecule has 5 atom stereocenters. The van der Waals surface area contributed by atoms with E-state index in [9.17, 15) is 50.1 Å². The zero-order valence-electron chi connectivity index (χ0n) is 19.6. The van der Waals surface area contributed by atoms with Crippen LogP contribution in [0.15, 0.2) is 39.5 Å². The highest BCUT2D eigenvalue weighted by molar-refractivity contribution is 5.90. The Morgan fingerprint density at radius 3 is 2.28 bits per heavy atom. The number of carboxylic acid groups (broad SMARTS) is 1. The number of hydrogen-bond donors (Lipinski definition) is 8. The van der Waals surface area contributed by atoms with Gasteiger partial charge in [0, 0.05) is 17.7 Å². The van der Waals surface area contributed by atoms with E-state index in [-0.39, 0.29) is 11.1 Å². The molecule has 15 nitrogen and oxygen atoms in total. The van der Waals surface area contributed by atoms with Gasteiger partial charge in [0.05, 0.1) is 0 Å². The standard InChI is InChI=1S/C24H22O15/c25-9-4-12(28)17-13(5-9)37-22(8-1-2-10(26)11(27)3-8)23(19(17)33)39-24-21(35)20(34)18(32)14(38-24)7-36-16(31)6-15(29)30/h1-5,14,18,20-21,24-28,32,34-35H,6-7H2,(H,29,30)/t14?,18-,20?,21?,24+/m1/s1. The summed E-state index contributed by atoms with van der Waals surface area (Å²) in [6, 6.07) is 5.14. The molecule has 3 aromatic rings. The van der Waals surface area contributed by atoms with E-state index in [0.717, 1.165) is 24.3 Å². The first-order valence-corrected chi connectivity index (χ1v) is 11.2. The van der Waals surface area contributed by atoms with Crippen LogP contribution in [0, 0.1) is 0 Å². The second kappa shape index (κ2) is 10.7. The van der Waals surface area contributed by atoms with Crippen LogP contribution in [0.1, 0.15) is 6.42 Å². The number of ether oxygens (including phenoxy) is 3. The number of carbonyl (C=O) groups excluding carboxylic acids is 1. The van der Waals surface area contributed by atoms with Crippen LogP contribution < -0.4 is 10.2 Å². The molecule has 0 radical (unpaired) electrons. The van der Waals surface area contributed by atoms with Crippen molar-refractivity contribution >= 4 is 22.9 Å². The topological polar surface area (TPSA) is 254 Å². The molecule has 2 heterocycles. The Kier molecular flexibility index (Phi) is 7.51. The predicted molar refractivity (Wildman–Crippen MR) is 125 cm³/mol. The van der Waals surface area contributed by atoms with E-state index in [1.54, 1.807) is 0 Å². The molecule has 4 rings (SSSR count). The normalized spacial score (nSPS) is 22.9. The van der Waals surface area contributed by atoms with Crippen molar-refractivity contribution in [2.75, 3.05) is 6.61 Å². The highest BCUT2D eigenvalue weighted by Crippen LogP contribution is 2.39. The van der Waals surface area contributed by atoms with Crippen LogP contribution in [0.3, 0.4) is 0 Å². The summed E-state index contributed by atoms with van der Waals surface area (Å²) in [7, 11) is 0. The predicted octanol–water partition coefficient (Wildman–Crippen LogP) is -0.513. The smallest absolute Gasteiger partial charge is 0.317 e. The Balaban J connectivity index is 1.76. The number of phenolic OH excluding ortho intramolecular Hbond substituents is 4. The number of esters is 1. The second-order valence-corrected chi connectivity index (χ2v) is 8.52. The molecule has 15 heteroatoms. The third kappa shape index (κ3) is 5.51. The maximum absolute atomic E-state index is 13.4. The fourth-order valence-corrected chi connectivity index (χ4v) is 3.85. The van der Waals surface area contributed by atoms with Crippen LogP contribution in [0.25, 0.3) is 22.3 Å². The van der Waals surface area contributed by atoms with Crippen molar-refractivity contribution in [2.45, 2.75) is 37.1 Å². The summed E-state index contributed by atoms with van der Waals surface area (Å²) < 4.78 is 21.4. The van der Waals surface area contributed by atoms with E-state index in [1.165, 1.54) is 6.07 Å². The highest BCUT2D eigenvalue weighted by Gasteiger charge is 2.46. The zero-order chi connectivity index (χ0) is 28.6. The van der Waals surface area contributed by atoms with Crippen molar-refractivity contribution in [1.29, 1.82) is 0 Å². The molecule has 39 heavy (non-hydrogen) atoms. The lowest BCUT2D eigenvalue weighted by Crippen LogP contribution is -2.60. The molecule has 0 saturated carbocycles. The highest BCUT2D eigenvalue weighted by atomic mass is 16.7. The number of rotatable bonds is 7. The van der Waals surface area contributed by atoms with Crippen molar-refractivity contribution in [3.05, 3.63) is 40.6 Å². The maximum atomic E-state index is 13.4. The third-order valence-corrected chi connectivity index (χ3v) is 5.76. The summed E-state index contributed by atoms with van der Waals surface area (Å²) in [5, 5.41) is 79.0. The summed E-state index contributed by atoms with van der Waals surface area (Å²) in [6.45, 7) is -0.762. The molecular formula is C24H22O15. The first kappa shape index (κ1) is 27.5. The third-order valence-electron chi connectivity index (χ3n) is 5.76. The molecule has 1 aliphatic rings. The van der Waals surface area contributed by atoms with Gasteiger partial charge >= 0.3 is 11.9 Å². The number of carboxylic acids is 1. The molecular weight excluding hydrogens is 528 g/mol. The minimum absolute atomic E-state index is 0.0489. The van der Waals surface area contributed by atoms with Crippen LogP contribution in [-0.4, -0.2) is 90.1 Å². The van der Waals surface area contributed by atoms with Gasteiger partial charge in [0.25, 0.3) is 0 Å². The Labute approximate surface area is 216 Å². The molecule has 0 spiro atoms. The van der Waals surface area contributed by atoms with Gasteiger partial charge in [-0.15, -0.1) is 0 Å². The van der Waals surface area contributed by atoms with Gasteiger partial charge in [-0.1, -0.05) is 0 Å². The lowest BCUT2D eigenvalue weighted by molar-refractivity contribution is -0.278. The Morgan fingerprint density at radius 2 is 1.62 bits per heavy atom. The summed E-state index contributed by atoms with van der Waals surface area (Å²) >= 11 is 0. The van der Waals surface area contributed by atoms with Crippen LogP contribution >= 0.6 is 0 Å². The molecule has 1 saturated heterocycles. The lowest BCUT2D eigenvalue weighted by Gasteiger charge is -2.39. The fourth-order valence-electron chi connectivity index (χ4n) is 3.85. The van der Waals surface area contributed by atoms with Gasteiger partial charge in [-0.05, 0) is 18.2 Å². The molecule has 208 valence electrons. The number of carbonyl (C=O) groups is 2. The van der Waals surface area contributed by atoms with E-state index < -0.39 is 101 Å². The van der Waals surface area contributed by atoms with Gasteiger partial charge in [0.2, 0.25) is 17.5 Å². The number of fused-ring (bicyclic) bond motifs is 1. The van der Waals surface area contributed by atoms with E-state index in [2.05, 4.69) is 0 Å². The van der Waals surface area contributed by atoms with Crippen LogP contribution in [0.2, 0.25) is 0 Å². The van der Waals surface area contributed by atoms with Crippen LogP contribution in [0.5, 0.6) is 28.7 Å². The first-order valence-electron chi connectivity index (χ1n) is 11.2. The average Bonchev–Trinajstić information content (AvgIpc) is 2.85. The van der Waals surface area contributed by atoms with Gasteiger partial charge < -0.3 is 59.5 Å². The Morgan fingerprint density at radius 1 is 0.897 bits per heavy atom. The largest absolute Gasteiger partial charge is 0.508 e. The van der Waals surface area contributed by atoms with Crippen molar-refractivity contribution in [1.82, 2.24) is 0 Å². The molecule has 0 bridgehead atoms. The fraction of sp³-hybridized carbons (Fsp3) is 0.292. The molecule has 1 aliphatic heterocycles. The molecule has 2 aromatic carbocycles. The number of phenols is 4. The first-order chi connectivity index (χ1) is 18.4. The minimum atomic E-state index is -1.99. The molecule has 3 unspecified atom stereocenters. The Hall–Kier alpha value is -4.57. The van der Waals surface area contributed by atoms with Gasteiger partial charge in [-0.25, -0.2) is 0 Å². The molecule has 0 aliphatic carbocycles. The lowest BCUT2D eigenvalue weighted by atomic mass is 9.99. The van der Waals surface area contributed by atoms with Crippen molar-refractivity contribution in [3.8, 4) is 40.1 Å². The average molecular weight is 550 g/mol. The number of aliphatic hydroxyl groups is 3. The molecule has 1 fully saturated rings. The summed E-state index contributed by atoms with van der Waals surface area (Å²) in [5.74, 6) is -6.09. The maximum Gasteiger partial charge on any atom is 0.317 e. The SMILES string of the molecule is O=C(O)CC(=O)OCC1O[C@@H](Oc2c(-c3ccc(O)c(O)c3)oc3cc(O)cc(O)c3c2=O)C(O)C(O)[C@@H]1O. The monoisotopic (exact) mass is 550 g/mol. The van der Waals surface area contributed by atoms with Crippen molar-refractivity contribution in [3.63, 3.8) is 0 Å². The molecule has 8 N–H and O–H groups in total. The van der Waals surface area contributed by atoms with E-state index >= 15 is 0 Å². The molecule has 1 aromatic heterocycles. The quantitative estimate of drug-likeness (QED) is 0.105. The van der Waals surface area contributed by atoms with Gasteiger partial charge in [-0.3, -0.25) is 14.4 Å². The number of aliphatic carboxylic acids is 1. The number of hydrogen-bond acceptors (Lipinski definition) is 14. The number of aromatic hydroxyl groups is 4. The Bertz CT molecular complexity index is 1480. The van der Waals surface area contributed by atoms with Crippen LogP contribution in [-0.2, 0) is 19.1 Å². The van der Waals surface area contributed by atoms with Crippen molar-refractivity contribution < 1.29 is 69.1 Å². The van der Waals surface area contributed by atoms with Crippen molar-refractivity contribution in [2.24, 2.45) is 0 Å². The van der Waals surface area contributed by atoms with Crippen LogP contribution in [0.4, 0.5) is 0 Å². The van der Waals surface area contributed by atoms with Gasteiger partial charge in [0.15, 0.2) is 17.3 Å². The summed E-state index contributed by atoms with van der Waals surface area (Å²) in [6.07, 6.45) is -10.2. The van der Waals surface area contributed by atoms with E-state index in [1.807, 2.05) is 0 Å². The summed E-state index contributed by atoms with van der Waals surface area (Å²) in [5.41, 5.74) is -1.40.